The number of ether oxygens (including phenoxy) is 1. The number of urea groups is 1. The van der Waals surface area contributed by atoms with Gasteiger partial charge >= 0.3 is 12.0 Å². The number of aromatic hydroxyl groups is 1. The minimum absolute atomic E-state index is 0.307. The summed E-state index contributed by atoms with van der Waals surface area (Å²) in [6.07, 6.45) is 0.952. The molecule has 0 spiro atoms. The quantitative estimate of drug-likeness (QED) is 0.447. The summed E-state index contributed by atoms with van der Waals surface area (Å²) in [7, 11) is 1.47. The third kappa shape index (κ3) is 5.45. The zero-order valence-corrected chi connectivity index (χ0v) is 17.5. The number of rotatable bonds is 7. The fourth-order valence-electron chi connectivity index (χ4n) is 3.06. The normalized spacial score (nSPS) is 11.4. The molecule has 0 aliphatic rings. The molecule has 3 rings (SSSR count). The number of pyridine rings is 1. The molecule has 0 saturated heterocycles. The molecule has 0 fully saturated rings. The zero-order valence-electron chi connectivity index (χ0n) is 17.5. The third-order valence-corrected chi connectivity index (χ3v) is 4.75. The topological polar surface area (TPSA) is 130 Å². The molecule has 9 heteroatoms. The van der Waals surface area contributed by atoms with E-state index in [0.29, 0.717) is 17.1 Å². The molecule has 1 heterocycles. The minimum atomic E-state index is -1.13. The van der Waals surface area contributed by atoms with Crippen LogP contribution in [-0.2, 0) is 11.8 Å². The molecule has 1 aromatic heterocycles. The molecule has 0 unspecified atom stereocenters. The number of carboxylic acid groups (broad SMARTS) is 1. The summed E-state index contributed by atoms with van der Waals surface area (Å²) in [6.45, 7) is 1.90. The van der Waals surface area contributed by atoms with E-state index >= 15 is 0 Å². The summed E-state index contributed by atoms with van der Waals surface area (Å²) in [6, 6.07) is 13.7. The van der Waals surface area contributed by atoms with E-state index in [-0.39, 0.29) is 5.69 Å². The number of amides is 2. The smallest absolute Gasteiger partial charge is 0.319 e. The number of hydrogen-bond acceptors (Lipinski definition) is 5. The van der Waals surface area contributed by atoms with Crippen LogP contribution >= 0.6 is 0 Å². The Hall–Kier alpha value is -4.27. The molecular formula is C23H23N3O6. The van der Waals surface area contributed by atoms with Crippen LogP contribution in [0.5, 0.6) is 17.2 Å². The van der Waals surface area contributed by atoms with Crippen molar-refractivity contribution >= 4 is 17.7 Å². The van der Waals surface area contributed by atoms with E-state index in [1.165, 1.54) is 23.9 Å². The van der Waals surface area contributed by atoms with E-state index in [1.807, 2.05) is 31.2 Å². The highest BCUT2D eigenvalue weighted by Gasteiger charge is 2.20. The molecule has 2 amide bonds. The number of para-hydroxylation sites is 1. The van der Waals surface area contributed by atoms with Crippen LogP contribution in [-0.4, -0.2) is 26.8 Å². The Morgan fingerprint density at radius 2 is 1.88 bits per heavy atom. The lowest BCUT2D eigenvalue weighted by Gasteiger charge is -2.19. The fraction of sp³-hybridized carbons (Fsp3) is 0.174. The van der Waals surface area contributed by atoms with Crippen LogP contribution in [0.3, 0.4) is 0 Å². The van der Waals surface area contributed by atoms with Crippen molar-refractivity contribution in [3.63, 3.8) is 0 Å². The van der Waals surface area contributed by atoms with Gasteiger partial charge in [-0.3, -0.25) is 9.59 Å². The Bertz CT molecular complexity index is 1200. The summed E-state index contributed by atoms with van der Waals surface area (Å²) < 4.78 is 7.09. The molecule has 2 aromatic carbocycles. The fourth-order valence-corrected chi connectivity index (χ4v) is 3.06. The molecule has 32 heavy (non-hydrogen) atoms. The predicted octanol–water partition coefficient (Wildman–Crippen LogP) is 3.53. The van der Waals surface area contributed by atoms with E-state index in [0.717, 1.165) is 5.56 Å². The summed E-state index contributed by atoms with van der Waals surface area (Å²) in [5.41, 5.74) is 0.516. The van der Waals surface area contributed by atoms with Gasteiger partial charge in [-0.2, -0.15) is 0 Å². The Labute approximate surface area is 183 Å². The molecule has 4 N–H and O–H groups in total. The van der Waals surface area contributed by atoms with Gasteiger partial charge in [0.05, 0.1) is 12.5 Å². The predicted molar refractivity (Wildman–Crippen MR) is 118 cm³/mol. The number of anilines is 1. The van der Waals surface area contributed by atoms with Crippen molar-refractivity contribution < 1.29 is 24.5 Å². The molecule has 9 nitrogen and oxygen atoms in total. The Morgan fingerprint density at radius 1 is 1.12 bits per heavy atom. The average Bonchev–Trinajstić information content (AvgIpc) is 2.75. The first-order valence-electron chi connectivity index (χ1n) is 9.76. The van der Waals surface area contributed by atoms with Crippen molar-refractivity contribution in [1.82, 2.24) is 9.88 Å². The van der Waals surface area contributed by atoms with E-state index in [2.05, 4.69) is 10.6 Å². The SMILES string of the molecule is Cc1ccccc1Oc1cccc([C@H](CC(=O)O)NC(=O)Nc2c(O)ccn(C)c2=O)c1. The lowest BCUT2D eigenvalue weighted by molar-refractivity contribution is -0.137. The number of carboxylic acids is 1. The molecule has 0 aliphatic heterocycles. The molecule has 166 valence electrons. The van der Waals surface area contributed by atoms with Gasteiger partial charge in [-0.1, -0.05) is 30.3 Å². The molecular weight excluding hydrogens is 414 g/mol. The first kappa shape index (κ1) is 22.4. The zero-order chi connectivity index (χ0) is 23.3. The van der Waals surface area contributed by atoms with Gasteiger partial charge in [-0.15, -0.1) is 0 Å². The number of nitrogens with one attached hydrogen (secondary N) is 2. The average molecular weight is 437 g/mol. The van der Waals surface area contributed by atoms with Crippen molar-refractivity contribution in [1.29, 1.82) is 0 Å². The maximum absolute atomic E-state index is 12.5. The maximum Gasteiger partial charge on any atom is 0.319 e. The molecule has 0 bridgehead atoms. The molecule has 0 aliphatic carbocycles. The number of aliphatic carboxylic acids is 1. The van der Waals surface area contributed by atoms with Gasteiger partial charge < -0.3 is 30.2 Å². The molecule has 1 atom stereocenters. The first-order valence-corrected chi connectivity index (χ1v) is 9.76. The van der Waals surface area contributed by atoms with Gasteiger partial charge in [0, 0.05) is 13.2 Å². The monoisotopic (exact) mass is 437 g/mol. The molecule has 3 aromatic rings. The van der Waals surface area contributed by atoms with Gasteiger partial charge in [0.15, 0.2) is 5.69 Å². The van der Waals surface area contributed by atoms with Crippen LogP contribution in [0.4, 0.5) is 10.5 Å². The van der Waals surface area contributed by atoms with E-state index in [4.69, 9.17) is 4.74 Å². The summed E-state index contributed by atoms with van der Waals surface area (Å²) in [4.78, 5) is 36.1. The lowest BCUT2D eigenvalue weighted by Crippen LogP contribution is -2.35. The largest absolute Gasteiger partial charge is 0.505 e. The molecule has 0 saturated carbocycles. The van der Waals surface area contributed by atoms with Gasteiger partial charge in [0.1, 0.15) is 17.2 Å². The van der Waals surface area contributed by atoms with Gasteiger partial charge in [-0.25, -0.2) is 4.79 Å². The molecule has 0 radical (unpaired) electrons. The first-order chi connectivity index (χ1) is 15.2. The Kier molecular flexibility index (Phi) is 6.79. The highest BCUT2D eigenvalue weighted by atomic mass is 16.5. The van der Waals surface area contributed by atoms with Crippen molar-refractivity contribution in [2.24, 2.45) is 7.05 Å². The van der Waals surface area contributed by atoms with Crippen LogP contribution in [0.1, 0.15) is 23.6 Å². The Balaban J connectivity index is 1.82. The third-order valence-electron chi connectivity index (χ3n) is 4.75. The number of nitrogens with zero attached hydrogens (tertiary/aromatic N) is 1. The van der Waals surface area contributed by atoms with Gasteiger partial charge in [0.25, 0.3) is 5.56 Å². The summed E-state index contributed by atoms with van der Waals surface area (Å²) in [5.74, 6) is -0.393. The van der Waals surface area contributed by atoms with Gasteiger partial charge in [-0.05, 0) is 42.3 Å². The Morgan fingerprint density at radius 3 is 2.59 bits per heavy atom. The van der Waals surface area contributed by atoms with Crippen LogP contribution in [0.25, 0.3) is 0 Å². The second-order valence-corrected chi connectivity index (χ2v) is 7.18. The van der Waals surface area contributed by atoms with Crippen LogP contribution in [0.15, 0.2) is 65.6 Å². The number of hydrogen-bond donors (Lipinski definition) is 4. The van der Waals surface area contributed by atoms with Crippen LogP contribution in [0, 0.1) is 6.92 Å². The highest BCUT2D eigenvalue weighted by Crippen LogP contribution is 2.28. The number of benzene rings is 2. The van der Waals surface area contributed by atoms with Crippen molar-refractivity contribution in [2.45, 2.75) is 19.4 Å². The summed E-state index contributed by atoms with van der Waals surface area (Å²) in [5, 5.41) is 24.1. The standard InChI is InChI=1S/C23H23N3O6/c1-14-6-3-4-9-19(14)32-16-8-5-7-15(12-16)17(13-20(28)29)24-23(31)25-21-18(27)10-11-26(2)22(21)30/h3-12,17,27H,13H2,1-2H3,(H,28,29)(H2,24,25,31)/t17-/m0/s1. The lowest BCUT2D eigenvalue weighted by atomic mass is 10.0. The highest BCUT2D eigenvalue weighted by molar-refractivity contribution is 5.91. The van der Waals surface area contributed by atoms with Crippen molar-refractivity contribution in [3.8, 4) is 17.2 Å². The van der Waals surface area contributed by atoms with Crippen molar-refractivity contribution in [3.05, 3.63) is 82.3 Å². The summed E-state index contributed by atoms with van der Waals surface area (Å²) >= 11 is 0. The minimum Gasteiger partial charge on any atom is -0.505 e. The van der Waals surface area contributed by atoms with Crippen LogP contribution in [0.2, 0.25) is 0 Å². The van der Waals surface area contributed by atoms with Crippen LogP contribution < -0.4 is 20.9 Å². The number of carbonyl (C=O) groups is 2. The van der Waals surface area contributed by atoms with Crippen molar-refractivity contribution in [2.75, 3.05) is 5.32 Å². The number of aromatic nitrogens is 1. The number of carbonyl (C=O) groups excluding carboxylic acids is 1. The second kappa shape index (κ2) is 9.69. The second-order valence-electron chi connectivity index (χ2n) is 7.18. The van der Waals surface area contributed by atoms with E-state index in [9.17, 15) is 24.6 Å². The maximum atomic E-state index is 12.5. The van der Waals surface area contributed by atoms with E-state index < -0.39 is 35.8 Å². The number of aryl methyl sites for hydroxylation is 2. The van der Waals surface area contributed by atoms with Gasteiger partial charge in [0.2, 0.25) is 0 Å². The van der Waals surface area contributed by atoms with E-state index in [1.54, 1.807) is 24.3 Å².